The van der Waals surface area contributed by atoms with E-state index >= 15 is 0 Å². The second kappa shape index (κ2) is 1.74. The molecule has 3 atom stereocenters. The van der Waals surface area contributed by atoms with Gasteiger partial charge in [0.25, 0.3) is 0 Å². The third-order valence-corrected chi connectivity index (χ3v) is 3.25. The molecule has 2 aliphatic rings. The van der Waals surface area contributed by atoms with Crippen LogP contribution in [0.3, 0.4) is 0 Å². The van der Waals surface area contributed by atoms with Crippen molar-refractivity contribution in [1.29, 1.82) is 0 Å². The Hall–Kier alpha value is 0. The lowest BCUT2D eigenvalue weighted by Gasteiger charge is -2.14. The van der Waals surface area contributed by atoms with E-state index < -0.39 is 0 Å². The van der Waals surface area contributed by atoms with E-state index in [9.17, 15) is 0 Å². The Morgan fingerprint density at radius 1 is 1.22 bits per heavy atom. The number of fused-ring (bicyclic) bond motifs is 1. The van der Waals surface area contributed by atoms with Gasteiger partial charge >= 0.3 is 0 Å². The van der Waals surface area contributed by atoms with Gasteiger partial charge in [-0.05, 0) is 42.9 Å². The molecule has 0 aromatic heterocycles. The van der Waals surface area contributed by atoms with E-state index in [0.29, 0.717) is 0 Å². The maximum absolute atomic E-state index is 2.38. The van der Waals surface area contributed by atoms with Crippen molar-refractivity contribution in [2.75, 3.05) is 0 Å². The van der Waals surface area contributed by atoms with Gasteiger partial charge in [-0.3, -0.25) is 0 Å². The predicted octanol–water partition coefficient (Wildman–Crippen LogP) is 2.69. The number of hydrogen-bond acceptors (Lipinski definition) is 0. The van der Waals surface area contributed by atoms with Crippen LogP contribution in [0.5, 0.6) is 0 Å². The topological polar surface area (TPSA) is 0 Å². The van der Waals surface area contributed by atoms with Crippen LogP contribution in [0.2, 0.25) is 0 Å². The average Bonchev–Trinajstić information content (AvgIpc) is 2.43. The van der Waals surface area contributed by atoms with Crippen molar-refractivity contribution in [3.63, 3.8) is 0 Å². The molecule has 2 fully saturated rings. The lowest BCUT2D eigenvalue weighted by molar-refractivity contribution is 0.352. The SMILES string of the molecule is CC(C)C1CCC2CC21. The molecule has 2 aliphatic carbocycles. The van der Waals surface area contributed by atoms with Crippen molar-refractivity contribution in [2.45, 2.75) is 33.1 Å². The summed E-state index contributed by atoms with van der Waals surface area (Å²) in [5.41, 5.74) is 0. The Bertz CT molecular complexity index is 115. The summed E-state index contributed by atoms with van der Waals surface area (Å²) in [4.78, 5) is 0. The molecular weight excluding hydrogens is 108 g/mol. The van der Waals surface area contributed by atoms with Gasteiger partial charge < -0.3 is 0 Å². The van der Waals surface area contributed by atoms with Gasteiger partial charge in [-0.2, -0.15) is 0 Å². The van der Waals surface area contributed by atoms with Crippen LogP contribution >= 0.6 is 0 Å². The third kappa shape index (κ3) is 0.798. The minimum absolute atomic E-state index is 0.961. The van der Waals surface area contributed by atoms with Crippen molar-refractivity contribution in [3.8, 4) is 0 Å². The summed E-state index contributed by atoms with van der Waals surface area (Å²) in [6.45, 7) is 4.76. The van der Waals surface area contributed by atoms with Gasteiger partial charge in [-0.1, -0.05) is 13.8 Å². The molecule has 0 aromatic carbocycles. The highest BCUT2D eigenvalue weighted by Crippen LogP contribution is 2.57. The Balaban J connectivity index is 1.98. The van der Waals surface area contributed by atoms with Crippen LogP contribution in [0.1, 0.15) is 33.1 Å². The van der Waals surface area contributed by atoms with Gasteiger partial charge in [0, 0.05) is 0 Å². The van der Waals surface area contributed by atoms with Gasteiger partial charge in [-0.15, -0.1) is 0 Å². The van der Waals surface area contributed by atoms with Crippen LogP contribution in [0.15, 0.2) is 0 Å². The third-order valence-electron chi connectivity index (χ3n) is 3.25. The molecule has 0 nitrogen and oxygen atoms in total. The van der Waals surface area contributed by atoms with Gasteiger partial charge in [0.1, 0.15) is 0 Å². The lowest BCUT2D eigenvalue weighted by atomic mass is 9.91. The van der Waals surface area contributed by atoms with E-state index in [1.165, 1.54) is 18.3 Å². The number of rotatable bonds is 1. The first kappa shape index (κ1) is 5.76. The molecule has 3 unspecified atom stereocenters. The monoisotopic (exact) mass is 124 g/mol. The summed E-state index contributed by atoms with van der Waals surface area (Å²) < 4.78 is 0. The van der Waals surface area contributed by atoms with Gasteiger partial charge in [0.15, 0.2) is 0 Å². The first-order valence-corrected chi connectivity index (χ1v) is 4.29. The van der Waals surface area contributed by atoms with E-state index in [4.69, 9.17) is 0 Å². The van der Waals surface area contributed by atoms with Crippen LogP contribution in [0.4, 0.5) is 0 Å². The molecule has 0 heterocycles. The fraction of sp³-hybridized carbons (Fsp3) is 1.00. The van der Waals surface area contributed by atoms with E-state index in [1.54, 1.807) is 12.8 Å². The molecule has 0 bridgehead atoms. The molecular formula is C9H16. The smallest absolute Gasteiger partial charge is 0.0352 e. The van der Waals surface area contributed by atoms with Crippen LogP contribution in [-0.2, 0) is 0 Å². The highest BCUT2D eigenvalue weighted by Gasteiger charge is 2.48. The standard InChI is InChI=1S/C9H16/c1-6(2)8-4-3-7-5-9(7)8/h6-9H,3-5H2,1-2H3. The van der Waals surface area contributed by atoms with Crippen molar-refractivity contribution in [3.05, 3.63) is 0 Å². The predicted molar refractivity (Wildman–Crippen MR) is 39.2 cm³/mol. The summed E-state index contributed by atoms with van der Waals surface area (Å²) in [6, 6.07) is 0. The Kier molecular flexibility index (Phi) is 1.12. The fourth-order valence-electron chi connectivity index (χ4n) is 2.58. The largest absolute Gasteiger partial charge is 0.0625 e. The first-order chi connectivity index (χ1) is 4.29. The van der Waals surface area contributed by atoms with E-state index in [0.717, 1.165) is 11.8 Å². The molecule has 2 saturated carbocycles. The second-order valence-electron chi connectivity index (χ2n) is 4.14. The molecule has 0 saturated heterocycles. The second-order valence-corrected chi connectivity index (χ2v) is 4.14. The highest BCUT2D eigenvalue weighted by molar-refractivity contribution is 4.98. The highest BCUT2D eigenvalue weighted by atomic mass is 14.5. The van der Waals surface area contributed by atoms with E-state index in [1.807, 2.05) is 0 Å². The molecule has 52 valence electrons. The van der Waals surface area contributed by atoms with Crippen molar-refractivity contribution < 1.29 is 0 Å². The normalized spacial score (nSPS) is 47.7. The van der Waals surface area contributed by atoms with Crippen molar-refractivity contribution >= 4 is 0 Å². The van der Waals surface area contributed by atoms with Crippen molar-refractivity contribution in [1.82, 2.24) is 0 Å². The molecule has 0 aromatic rings. The fourth-order valence-corrected chi connectivity index (χ4v) is 2.58. The van der Waals surface area contributed by atoms with Crippen LogP contribution in [0.25, 0.3) is 0 Å². The lowest BCUT2D eigenvalue weighted by Crippen LogP contribution is -2.06. The zero-order valence-electron chi connectivity index (χ0n) is 6.43. The molecule has 0 spiro atoms. The minimum Gasteiger partial charge on any atom is -0.0625 e. The minimum atomic E-state index is 0.961. The Morgan fingerprint density at radius 3 is 2.22 bits per heavy atom. The zero-order valence-corrected chi connectivity index (χ0v) is 6.43. The van der Waals surface area contributed by atoms with Crippen LogP contribution in [-0.4, -0.2) is 0 Å². The maximum Gasteiger partial charge on any atom is -0.0352 e. The molecule has 0 amide bonds. The Labute approximate surface area is 57.6 Å². The molecule has 9 heavy (non-hydrogen) atoms. The molecule has 0 heteroatoms. The van der Waals surface area contributed by atoms with E-state index in [2.05, 4.69) is 13.8 Å². The molecule has 2 rings (SSSR count). The summed E-state index contributed by atoms with van der Waals surface area (Å²) >= 11 is 0. The molecule has 0 aliphatic heterocycles. The summed E-state index contributed by atoms with van der Waals surface area (Å²) in [7, 11) is 0. The van der Waals surface area contributed by atoms with Gasteiger partial charge in [0.2, 0.25) is 0 Å². The zero-order chi connectivity index (χ0) is 6.43. The summed E-state index contributed by atoms with van der Waals surface area (Å²) in [5, 5.41) is 0. The summed E-state index contributed by atoms with van der Waals surface area (Å²) in [5.74, 6) is 4.42. The summed E-state index contributed by atoms with van der Waals surface area (Å²) in [6.07, 6.45) is 4.66. The maximum atomic E-state index is 2.38. The van der Waals surface area contributed by atoms with Gasteiger partial charge in [0.05, 0.1) is 0 Å². The average molecular weight is 124 g/mol. The van der Waals surface area contributed by atoms with Crippen LogP contribution in [0, 0.1) is 23.7 Å². The number of hydrogen-bond donors (Lipinski definition) is 0. The molecule has 0 N–H and O–H groups in total. The van der Waals surface area contributed by atoms with Crippen LogP contribution < -0.4 is 0 Å². The molecule has 0 radical (unpaired) electrons. The first-order valence-electron chi connectivity index (χ1n) is 4.29. The Morgan fingerprint density at radius 2 is 2.00 bits per heavy atom. The van der Waals surface area contributed by atoms with E-state index in [-0.39, 0.29) is 0 Å². The quantitative estimate of drug-likeness (QED) is 0.504. The van der Waals surface area contributed by atoms with Gasteiger partial charge in [-0.25, -0.2) is 0 Å². The van der Waals surface area contributed by atoms with Crippen molar-refractivity contribution in [2.24, 2.45) is 23.7 Å².